The highest BCUT2D eigenvalue weighted by Gasteiger charge is 2.21. The molecule has 0 aliphatic carbocycles. The SMILES string of the molecule is O=[N+]([O-])c1c(Cl)ncnc1Nc1ccc(Br)c(F)c1. The van der Waals surface area contributed by atoms with Gasteiger partial charge in [-0.15, -0.1) is 0 Å². The number of nitro groups is 1. The Balaban J connectivity index is 2.40. The highest BCUT2D eigenvalue weighted by atomic mass is 79.9. The van der Waals surface area contributed by atoms with Gasteiger partial charge in [-0.05, 0) is 34.1 Å². The van der Waals surface area contributed by atoms with Crippen molar-refractivity contribution in [2.45, 2.75) is 0 Å². The number of nitrogens with zero attached hydrogens (tertiary/aromatic N) is 3. The highest BCUT2D eigenvalue weighted by molar-refractivity contribution is 9.10. The van der Waals surface area contributed by atoms with Crippen molar-refractivity contribution in [1.29, 1.82) is 0 Å². The van der Waals surface area contributed by atoms with Gasteiger partial charge in [-0.2, -0.15) is 0 Å². The Labute approximate surface area is 119 Å². The molecule has 0 spiro atoms. The van der Waals surface area contributed by atoms with E-state index in [1.165, 1.54) is 18.2 Å². The predicted molar refractivity (Wildman–Crippen MR) is 71.1 cm³/mol. The summed E-state index contributed by atoms with van der Waals surface area (Å²) >= 11 is 8.64. The molecule has 1 N–H and O–H groups in total. The Morgan fingerprint density at radius 3 is 2.79 bits per heavy atom. The van der Waals surface area contributed by atoms with Crippen molar-refractivity contribution in [2.75, 3.05) is 5.32 Å². The van der Waals surface area contributed by atoms with E-state index < -0.39 is 16.4 Å². The number of rotatable bonds is 3. The molecule has 0 radical (unpaired) electrons. The molecule has 0 saturated carbocycles. The fourth-order valence-corrected chi connectivity index (χ4v) is 1.77. The second-order valence-electron chi connectivity index (χ2n) is 3.37. The van der Waals surface area contributed by atoms with Crippen LogP contribution in [0.1, 0.15) is 0 Å². The van der Waals surface area contributed by atoms with E-state index in [0.717, 1.165) is 6.33 Å². The van der Waals surface area contributed by atoms with Crippen LogP contribution in [0.25, 0.3) is 0 Å². The molecular formula is C10H5BrClFN4O2. The van der Waals surface area contributed by atoms with Crippen LogP contribution in [0.2, 0.25) is 5.15 Å². The first-order valence-electron chi connectivity index (χ1n) is 4.86. The third-order valence-electron chi connectivity index (χ3n) is 2.14. The molecule has 0 amide bonds. The molecule has 0 unspecified atom stereocenters. The third kappa shape index (κ3) is 2.96. The summed E-state index contributed by atoms with van der Waals surface area (Å²) in [4.78, 5) is 17.4. The maximum Gasteiger partial charge on any atom is 0.348 e. The second kappa shape index (κ2) is 5.45. The summed E-state index contributed by atoms with van der Waals surface area (Å²) < 4.78 is 13.6. The van der Waals surface area contributed by atoms with Crippen molar-refractivity contribution in [2.24, 2.45) is 0 Å². The smallest absolute Gasteiger partial charge is 0.334 e. The van der Waals surface area contributed by atoms with Crippen LogP contribution < -0.4 is 5.32 Å². The van der Waals surface area contributed by atoms with Gasteiger partial charge in [-0.3, -0.25) is 10.1 Å². The van der Waals surface area contributed by atoms with E-state index >= 15 is 0 Å². The fourth-order valence-electron chi connectivity index (χ4n) is 1.32. The van der Waals surface area contributed by atoms with E-state index in [1.54, 1.807) is 0 Å². The van der Waals surface area contributed by atoms with Gasteiger partial charge in [-0.1, -0.05) is 11.6 Å². The minimum absolute atomic E-state index is 0.105. The van der Waals surface area contributed by atoms with Crippen LogP contribution in [0.15, 0.2) is 29.0 Å². The normalized spacial score (nSPS) is 10.3. The van der Waals surface area contributed by atoms with Crippen LogP contribution in [-0.2, 0) is 0 Å². The summed E-state index contributed by atoms with van der Waals surface area (Å²) in [6.45, 7) is 0. The average Bonchev–Trinajstić information content (AvgIpc) is 2.33. The van der Waals surface area contributed by atoms with Crippen molar-refractivity contribution in [3.05, 3.63) is 50.1 Å². The molecule has 0 atom stereocenters. The number of nitrogens with one attached hydrogen (secondary N) is 1. The molecule has 1 heterocycles. The van der Waals surface area contributed by atoms with Crippen molar-refractivity contribution < 1.29 is 9.31 Å². The highest BCUT2D eigenvalue weighted by Crippen LogP contribution is 2.31. The van der Waals surface area contributed by atoms with Gasteiger partial charge < -0.3 is 5.32 Å². The Morgan fingerprint density at radius 2 is 2.16 bits per heavy atom. The Kier molecular flexibility index (Phi) is 3.91. The van der Waals surface area contributed by atoms with Gasteiger partial charge in [0.1, 0.15) is 12.1 Å². The van der Waals surface area contributed by atoms with Gasteiger partial charge in [0.2, 0.25) is 11.0 Å². The van der Waals surface area contributed by atoms with E-state index in [9.17, 15) is 14.5 Å². The summed E-state index contributed by atoms with van der Waals surface area (Å²) in [6.07, 6.45) is 1.08. The van der Waals surface area contributed by atoms with E-state index in [0.29, 0.717) is 5.69 Å². The molecule has 2 rings (SSSR count). The summed E-state index contributed by atoms with van der Waals surface area (Å²) in [5.41, 5.74) is -0.161. The first kappa shape index (κ1) is 13.6. The van der Waals surface area contributed by atoms with E-state index in [2.05, 4.69) is 31.2 Å². The monoisotopic (exact) mass is 346 g/mol. The molecule has 2 aromatic rings. The van der Waals surface area contributed by atoms with Crippen LogP contribution >= 0.6 is 27.5 Å². The Hall–Kier alpha value is -1.80. The summed E-state index contributed by atoms with van der Waals surface area (Å²) in [7, 11) is 0. The largest absolute Gasteiger partial charge is 0.348 e. The molecular weight excluding hydrogens is 342 g/mol. The molecule has 19 heavy (non-hydrogen) atoms. The predicted octanol–water partition coefficient (Wildman–Crippen LogP) is 3.68. The van der Waals surface area contributed by atoms with Gasteiger partial charge in [0.15, 0.2) is 0 Å². The van der Waals surface area contributed by atoms with Crippen LogP contribution in [-0.4, -0.2) is 14.9 Å². The average molecular weight is 348 g/mol. The molecule has 0 bridgehead atoms. The molecule has 0 fully saturated rings. The molecule has 98 valence electrons. The number of aromatic nitrogens is 2. The van der Waals surface area contributed by atoms with Crippen LogP contribution in [0.5, 0.6) is 0 Å². The third-order valence-corrected chi connectivity index (χ3v) is 3.06. The van der Waals surface area contributed by atoms with E-state index in [-0.39, 0.29) is 15.4 Å². The van der Waals surface area contributed by atoms with Gasteiger partial charge in [0, 0.05) is 5.69 Å². The molecule has 1 aromatic heterocycles. The van der Waals surface area contributed by atoms with Crippen molar-refractivity contribution in [3.8, 4) is 0 Å². The lowest BCUT2D eigenvalue weighted by molar-refractivity contribution is -0.384. The molecule has 9 heteroatoms. The van der Waals surface area contributed by atoms with Crippen molar-refractivity contribution in [1.82, 2.24) is 9.97 Å². The van der Waals surface area contributed by atoms with Gasteiger partial charge in [0.05, 0.1) is 9.40 Å². The number of benzene rings is 1. The van der Waals surface area contributed by atoms with Crippen LogP contribution in [0.3, 0.4) is 0 Å². The first-order chi connectivity index (χ1) is 8.99. The van der Waals surface area contributed by atoms with Gasteiger partial charge in [-0.25, -0.2) is 14.4 Å². The standard InChI is InChI=1S/C10H5BrClFN4O2/c11-6-2-1-5(3-7(6)13)16-10-8(17(18)19)9(12)14-4-15-10/h1-4H,(H,14,15,16). The minimum Gasteiger partial charge on any atom is -0.334 e. The Morgan fingerprint density at radius 1 is 1.42 bits per heavy atom. The van der Waals surface area contributed by atoms with E-state index in [4.69, 9.17) is 11.6 Å². The Bertz CT molecular complexity index is 655. The van der Waals surface area contributed by atoms with Gasteiger partial charge in [0.25, 0.3) is 0 Å². The van der Waals surface area contributed by atoms with Crippen molar-refractivity contribution in [3.63, 3.8) is 0 Å². The quantitative estimate of drug-likeness (QED) is 0.520. The molecule has 1 aromatic carbocycles. The number of hydrogen-bond acceptors (Lipinski definition) is 5. The zero-order valence-electron chi connectivity index (χ0n) is 9.10. The number of hydrogen-bond donors (Lipinski definition) is 1. The van der Waals surface area contributed by atoms with Crippen LogP contribution in [0, 0.1) is 15.9 Å². The molecule has 0 saturated heterocycles. The summed E-state index contributed by atoms with van der Waals surface area (Å²) in [6, 6.07) is 4.17. The lowest BCUT2D eigenvalue weighted by atomic mass is 10.3. The lowest BCUT2D eigenvalue weighted by Crippen LogP contribution is -2.01. The maximum atomic E-state index is 13.3. The molecule has 0 aliphatic heterocycles. The molecule has 0 aliphatic rings. The second-order valence-corrected chi connectivity index (χ2v) is 4.59. The summed E-state index contributed by atoms with van der Waals surface area (Å²) in [5.74, 6) is -0.612. The number of anilines is 2. The maximum absolute atomic E-state index is 13.3. The fraction of sp³-hybridized carbons (Fsp3) is 0. The van der Waals surface area contributed by atoms with Crippen molar-refractivity contribution >= 4 is 44.7 Å². The first-order valence-corrected chi connectivity index (χ1v) is 6.03. The van der Waals surface area contributed by atoms with E-state index in [1.807, 2.05) is 0 Å². The zero-order valence-corrected chi connectivity index (χ0v) is 11.4. The van der Waals surface area contributed by atoms with Crippen LogP contribution in [0.4, 0.5) is 21.6 Å². The number of halogens is 3. The zero-order chi connectivity index (χ0) is 14.0. The van der Waals surface area contributed by atoms with Gasteiger partial charge >= 0.3 is 5.69 Å². The topological polar surface area (TPSA) is 81.0 Å². The summed E-state index contributed by atoms with van der Waals surface area (Å²) in [5, 5.41) is 13.2. The lowest BCUT2D eigenvalue weighted by Gasteiger charge is -2.06. The molecule has 6 nitrogen and oxygen atoms in total. The minimum atomic E-state index is -0.708.